The van der Waals surface area contributed by atoms with E-state index in [1.165, 1.54) is 6.07 Å². The van der Waals surface area contributed by atoms with Gasteiger partial charge in [-0.05, 0) is 78.0 Å². The van der Waals surface area contributed by atoms with E-state index in [9.17, 15) is 13.6 Å². The Morgan fingerprint density at radius 1 is 1.11 bits per heavy atom. The summed E-state index contributed by atoms with van der Waals surface area (Å²) in [6.07, 6.45) is 2.48. The van der Waals surface area contributed by atoms with Gasteiger partial charge < -0.3 is 18.8 Å². The average molecular weight is 499 g/mol. The number of carbonyl (C=O) groups excluding carboxylic acids is 1. The van der Waals surface area contributed by atoms with Crippen molar-refractivity contribution in [2.24, 2.45) is 11.8 Å². The molecule has 0 bridgehead atoms. The van der Waals surface area contributed by atoms with E-state index in [2.05, 4.69) is 4.98 Å². The summed E-state index contributed by atoms with van der Waals surface area (Å²) < 4.78 is 52.4. The predicted molar refractivity (Wildman–Crippen MR) is 130 cm³/mol. The molecule has 9 heteroatoms. The molecule has 0 spiro atoms. The highest BCUT2D eigenvalue weighted by Crippen LogP contribution is 2.62. The van der Waals surface area contributed by atoms with Crippen LogP contribution in [0.2, 0.25) is 0 Å². The normalized spacial score (nSPS) is 25.4. The van der Waals surface area contributed by atoms with Crippen LogP contribution in [0.25, 0.3) is 0 Å². The van der Waals surface area contributed by atoms with Crippen LogP contribution in [0.5, 0.6) is 5.88 Å². The molecule has 0 radical (unpaired) electrons. The SMILES string of the molecule is CC(C)(C)OC(=O)[C@H]1[C@@H]2Cc3cc(OCc4cc(B5OC(C)(C)C(C)(C)O5)c(F)cc4F)ncc3[C@@H]21. The Hall–Kier alpha value is -2.52. The maximum atomic E-state index is 14.6. The number of hydrogen-bond acceptors (Lipinski definition) is 6. The third-order valence-corrected chi connectivity index (χ3v) is 7.71. The Bertz CT molecular complexity index is 1210. The van der Waals surface area contributed by atoms with Gasteiger partial charge in [-0.15, -0.1) is 0 Å². The van der Waals surface area contributed by atoms with Gasteiger partial charge in [-0.1, -0.05) is 0 Å². The van der Waals surface area contributed by atoms with E-state index >= 15 is 0 Å². The number of carbonyl (C=O) groups is 1. The van der Waals surface area contributed by atoms with Gasteiger partial charge in [-0.25, -0.2) is 13.8 Å². The number of fused-ring (bicyclic) bond motifs is 3. The van der Waals surface area contributed by atoms with Crippen LogP contribution in [0.4, 0.5) is 8.78 Å². The van der Waals surface area contributed by atoms with E-state index < -0.39 is 35.6 Å². The highest BCUT2D eigenvalue weighted by molar-refractivity contribution is 6.62. The van der Waals surface area contributed by atoms with Crippen molar-refractivity contribution in [1.29, 1.82) is 0 Å². The number of rotatable bonds is 5. The topological polar surface area (TPSA) is 66.9 Å². The van der Waals surface area contributed by atoms with Crippen LogP contribution in [0.15, 0.2) is 24.4 Å². The number of ether oxygens (including phenoxy) is 2. The zero-order valence-corrected chi connectivity index (χ0v) is 21.8. The van der Waals surface area contributed by atoms with Crippen LogP contribution in [-0.2, 0) is 31.9 Å². The summed E-state index contributed by atoms with van der Waals surface area (Å²) in [5.74, 6) is -1.01. The number of benzene rings is 1. The molecule has 1 aliphatic heterocycles. The standard InChI is InChI=1S/C27H32BF2NO5/c1-25(2,3)34-24(32)23-16-8-14-10-21(31-12-17(14)22(16)23)33-13-15-9-18(20(30)11-19(15)29)28-35-26(4,5)27(6,7)36-28/h9-12,16,22-23H,8,13H2,1-7H3/t16-,22-,23+/m1/s1. The van der Waals surface area contributed by atoms with E-state index in [1.54, 1.807) is 6.20 Å². The molecule has 2 aromatic rings. The minimum Gasteiger partial charge on any atom is -0.473 e. The fraction of sp³-hybridized carbons (Fsp3) is 0.556. The summed E-state index contributed by atoms with van der Waals surface area (Å²) in [4.78, 5) is 16.8. The Kier molecular flexibility index (Phi) is 5.76. The fourth-order valence-corrected chi connectivity index (χ4v) is 5.06. The molecule has 0 N–H and O–H groups in total. The van der Waals surface area contributed by atoms with E-state index in [-0.39, 0.29) is 41.4 Å². The zero-order chi connectivity index (χ0) is 26.2. The molecule has 1 saturated carbocycles. The minimum absolute atomic E-state index is 0.119. The lowest BCUT2D eigenvalue weighted by Gasteiger charge is -2.32. The van der Waals surface area contributed by atoms with Crippen LogP contribution < -0.4 is 10.2 Å². The highest BCUT2D eigenvalue weighted by atomic mass is 19.1. The average Bonchev–Trinajstić information content (AvgIpc) is 3.25. The first-order chi connectivity index (χ1) is 16.7. The molecule has 1 saturated heterocycles. The van der Waals surface area contributed by atoms with Crippen LogP contribution in [0.1, 0.15) is 71.1 Å². The molecule has 192 valence electrons. The summed E-state index contributed by atoms with van der Waals surface area (Å²) in [6.45, 7) is 13.0. The monoisotopic (exact) mass is 499 g/mol. The van der Waals surface area contributed by atoms with Gasteiger partial charge in [0, 0.05) is 35.3 Å². The van der Waals surface area contributed by atoms with Crippen molar-refractivity contribution in [2.45, 2.75) is 84.2 Å². The van der Waals surface area contributed by atoms with Crippen LogP contribution in [0, 0.1) is 23.5 Å². The van der Waals surface area contributed by atoms with Gasteiger partial charge in [0.1, 0.15) is 23.8 Å². The maximum Gasteiger partial charge on any atom is 0.497 e. The summed E-state index contributed by atoms with van der Waals surface area (Å²) >= 11 is 0. The lowest BCUT2D eigenvalue weighted by atomic mass is 9.78. The number of aromatic nitrogens is 1. The molecule has 6 nitrogen and oxygen atoms in total. The van der Waals surface area contributed by atoms with E-state index in [0.717, 1.165) is 23.6 Å². The van der Waals surface area contributed by atoms with Gasteiger partial charge in [0.25, 0.3) is 0 Å². The third-order valence-electron chi connectivity index (χ3n) is 7.71. The molecule has 2 aliphatic carbocycles. The number of halogens is 2. The fourth-order valence-electron chi connectivity index (χ4n) is 5.06. The summed E-state index contributed by atoms with van der Waals surface area (Å²) in [7, 11) is -0.947. The molecule has 1 aromatic carbocycles. The van der Waals surface area contributed by atoms with Crippen LogP contribution >= 0.6 is 0 Å². The van der Waals surface area contributed by atoms with Crippen molar-refractivity contribution in [3.8, 4) is 5.88 Å². The van der Waals surface area contributed by atoms with Crippen molar-refractivity contribution in [2.75, 3.05) is 0 Å². The third kappa shape index (κ3) is 4.41. The maximum absolute atomic E-state index is 14.6. The van der Waals surface area contributed by atoms with Crippen molar-refractivity contribution in [3.05, 3.63) is 52.7 Å². The van der Waals surface area contributed by atoms with Gasteiger partial charge in [0.05, 0.1) is 17.1 Å². The lowest BCUT2D eigenvalue weighted by Crippen LogP contribution is -2.41. The molecule has 2 heterocycles. The van der Waals surface area contributed by atoms with Gasteiger partial charge >= 0.3 is 13.1 Å². The molecule has 5 rings (SSSR count). The quantitative estimate of drug-likeness (QED) is 0.447. The van der Waals surface area contributed by atoms with Crippen LogP contribution in [0.3, 0.4) is 0 Å². The zero-order valence-electron chi connectivity index (χ0n) is 21.8. The Balaban J connectivity index is 1.27. The summed E-state index contributed by atoms with van der Waals surface area (Å²) in [6, 6.07) is 4.06. The second-order valence-electron chi connectivity index (χ2n) is 12.0. The molecule has 3 atom stereocenters. The highest BCUT2D eigenvalue weighted by Gasteiger charge is 2.61. The number of esters is 1. The van der Waals surface area contributed by atoms with Gasteiger partial charge in [-0.2, -0.15) is 0 Å². The van der Waals surface area contributed by atoms with Gasteiger partial charge in [0.15, 0.2) is 0 Å². The lowest BCUT2D eigenvalue weighted by molar-refractivity contribution is -0.157. The molecule has 0 amide bonds. The second-order valence-corrected chi connectivity index (χ2v) is 12.0. The van der Waals surface area contributed by atoms with Crippen molar-refractivity contribution >= 4 is 18.6 Å². The van der Waals surface area contributed by atoms with E-state index in [1.807, 2.05) is 54.5 Å². The molecule has 2 fully saturated rings. The van der Waals surface area contributed by atoms with Crippen molar-refractivity contribution in [1.82, 2.24) is 4.98 Å². The Labute approximate surface area is 210 Å². The molecular weight excluding hydrogens is 467 g/mol. The van der Waals surface area contributed by atoms with Crippen molar-refractivity contribution in [3.63, 3.8) is 0 Å². The summed E-state index contributed by atoms with van der Waals surface area (Å²) in [5.41, 5.74) is 0.621. The first-order valence-corrected chi connectivity index (χ1v) is 12.3. The van der Waals surface area contributed by atoms with E-state index in [4.69, 9.17) is 18.8 Å². The molecule has 36 heavy (non-hydrogen) atoms. The first kappa shape index (κ1) is 25.1. The molecule has 3 aliphatic rings. The van der Waals surface area contributed by atoms with Crippen molar-refractivity contribution < 1.29 is 32.4 Å². The Morgan fingerprint density at radius 3 is 2.42 bits per heavy atom. The smallest absolute Gasteiger partial charge is 0.473 e. The number of hydrogen-bond donors (Lipinski definition) is 0. The molecule has 1 aromatic heterocycles. The predicted octanol–water partition coefficient (Wildman–Crippen LogP) is 4.47. The first-order valence-electron chi connectivity index (χ1n) is 12.3. The Morgan fingerprint density at radius 2 is 1.78 bits per heavy atom. The van der Waals surface area contributed by atoms with E-state index in [0.29, 0.717) is 5.88 Å². The van der Waals surface area contributed by atoms with Gasteiger partial charge in [0.2, 0.25) is 5.88 Å². The number of nitrogens with zero attached hydrogens (tertiary/aromatic N) is 1. The summed E-state index contributed by atoms with van der Waals surface area (Å²) in [5, 5.41) is 0. The largest absolute Gasteiger partial charge is 0.497 e. The van der Waals surface area contributed by atoms with Crippen LogP contribution in [-0.4, -0.2) is 34.9 Å². The molecule has 0 unspecified atom stereocenters. The number of pyridine rings is 1. The molecular formula is C27H32BF2NO5. The van der Waals surface area contributed by atoms with Gasteiger partial charge in [-0.3, -0.25) is 4.79 Å². The second kappa shape index (κ2) is 8.25. The minimum atomic E-state index is -0.947.